The highest BCUT2D eigenvalue weighted by Crippen LogP contribution is 2.19. The Balaban J connectivity index is 1.70. The van der Waals surface area contributed by atoms with Crippen molar-refractivity contribution in [3.8, 4) is 5.75 Å². The summed E-state index contributed by atoms with van der Waals surface area (Å²) in [5, 5.41) is 0. The molecule has 2 aromatic heterocycles. The molecule has 27 heavy (non-hydrogen) atoms. The summed E-state index contributed by atoms with van der Waals surface area (Å²) in [5.74, 6) is 0.178. The SMILES string of the molecule is CCOc1ccccc1/C=C/C(=O)OCc1cc(=O)n2cccc(C)c2n1. The van der Waals surface area contributed by atoms with Crippen molar-refractivity contribution in [1.82, 2.24) is 9.38 Å². The Morgan fingerprint density at radius 2 is 2.04 bits per heavy atom. The van der Waals surface area contributed by atoms with Gasteiger partial charge in [-0.25, -0.2) is 9.78 Å². The number of aromatic nitrogens is 2. The molecule has 0 aliphatic rings. The number of benzene rings is 1. The van der Waals surface area contributed by atoms with Crippen LogP contribution < -0.4 is 10.3 Å². The van der Waals surface area contributed by atoms with Gasteiger partial charge < -0.3 is 9.47 Å². The molecule has 0 fully saturated rings. The third-order valence-electron chi connectivity index (χ3n) is 3.92. The number of ether oxygens (including phenoxy) is 2. The number of pyridine rings is 1. The van der Waals surface area contributed by atoms with Crippen LogP contribution in [0.3, 0.4) is 0 Å². The minimum absolute atomic E-state index is 0.0731. The van der Waals surface area contributed by atoms with E-state index in [1.807, 2.05) is 44.2 Å². The molecule has 0 radical (unpaired) electrons. The lowest BCUT2D eigenvalue weighted by Gasteiger charge is -2.07. The molecule has 0 saturated carbocycles. The number of hydrogen-bond acceptors (Lipinski definition) is 5. The number of nitrogens with zero attached hydrogens (tertiary/aromatic N) is 2. The Bertz CT molecular complexity index is 1050. The fourth-order valence-corrected chi connectivity index (χ4v) is 2.64. The zero-order valence-corrected chi connectivity index (χ0v) is 15.2. The first-order chi connectivity index (χ1) is 13.1. The van der Waals surface area contributed by atoms with Crippen molar-refractivity contribution in [1.29, 1.82) is 0 Å². The molecule has 0 aliphatic heterocycles. The summed E-state index contributed by atoms with van der Waals surface area (Å²) >= 11 is 0. The largest absolute Gasteiger partial charge is 0.493 e. The number of carbonyl (C=O) groups is 1. The van der Waals surface area contributed by atoms with Gasteiger partial charge in [0.1, 0.15) is 18.0 Å². The molecule has 1 aromatic carbocycles. The summed E-state index contributed by atoms with van der Waals surface area (Å²) in [5.41, 5.74) is 2.41. The molecular weight excluding hydrogens is 344 g/mol. The van der Waals surface area contributed by atoms with Gasteiger partial charge in [0, 0.05) is 23.9 Å². The number of rotatable bonds is 6. The van der Waals surface area contributed by atoms with Gasteiger partial charge in [-0.2, -0.15) is 0 Å². The van der Waals surface area contributed by atoms with Crippen LogP contribution in [0, 0.1) is 6.92 Å². The normalized spacial score (nSPS) is 11.0. The highest BCUT2D eigenvalue weighted by molar-refractivity contribution is 5.87. The molecule has 0 saturated heterocycles. The van der Waals surface area contributed by atoms with E-state index in [1.54, 1.807) is 18.3 Å². The van der Waals surface area contributed by atoms with Crippen LogP contribution in [0.1, 0.15) is 23.7 Å². The maximum atomic E-state index is 12.2. The molecule has 0 aliphatic carbocycles. The maximum absolute atomic E-state index is 12.2. The monoisotopic (exact) mass is 364 g/mol. The minimum atomic E-state index is -0.520. The average Bonchev–Trinajstić information content (AvgIpc) is 2.67. The van der Waals surface area contributed by atoms with Crippen LogP contribution in [-0.2, 0) is 16.1 Å². The van der Waals surface area contributed by atoms with Crippen molar-refractivity contribution in [2.24, 2.45) is 0 Å². The highest BCUT2D eigenvalue weighted by atomic mass is 16.5. The van der Waals surface area contributed by atoms with E-state index < -0.39 is 5.97 Å². The quantitative estimate of drug-likeness (QED) is 0.496. The molecule has 138 valence electrons. The molecule has 0 amide bonds. The predicted octanol–water partition coefficient (Wildman–Crippen LogP) is 3.16. The Hall–Kier alpha value is -3.41. The summed E-state index contributed by atoms with van der Waals surface area (Å²) in [6.07, 6.45) is 4.63. The molecular formula is C21H20N2O4. The van der Waals surface area contributed by atoms with Gasteiger partial charge in [0.15, 0.2) is 0 Å². The molecule has 3 rings (SSSR count). The lowest BCUT2D eigenvalue weighted by molar-refractivity contribution is -0.139. The summed E-state index contributed by atoms with van der Waals surface area (Å²) in [7, 11) is 0. The third kappa shape index (κ3) is 4.41. The number of esters is 1. The first-order valence-corrected chi connectivity index (χ1v) is 8.63. The molecule has 6 nitrogen and oxygen atoms in total. The molecule has 0 bridgehead atoms. The van der Waals surface area contributed by atoms with Gasteiger partial charge in [0.25, 0.3) is 5.56 Å². The number of carbonyl (C=O) groups excluding carboxylic acids is 1. The van der Waals surface area contributed by atoms with Gasteiger partial charge in [0.2, 0.25) is 0 Å². The minimum Gasteiger partial charge on any atom is -0.493 e. The van der Waals surface area contributed by atoms with Crippen molar-refractivity contribution in [3.05, 3.63) is 81.9 Å². The van der Waals surface area contributed by atoms with Crippen LogP contribution in [0.25, 0.3) is 11.7 Å². The number of para-hydroxylation sites is 1. The number of fused-ring (bicyclic) bond motifs is 1. The van der Waals surface area contributed by atoms with Crippen molar-refractivity contribution < 1.29 is 14.3 Å². The Morgan fingerprint density at radius 3 is 2.85 bits per heavy atom. The Labute approximate surface area is 156 Å². The number of hydrogen-bond donors (Lipinski definition) is 0. The number of aryl methyl sites for hydroxylation is 1. The second-order valence-electron chi connectivity index (χ2n) is 5.88. The fraction of sp³-hybridized carbons (Fsp3) is 0.190. The van der Waals surface area contributed by atoms with Crippen LogP contribution in [0.4, 0.5) is 0 Å². The summed E-state index contributed by atoms with van der Waals surface area (Å²) in [6.45, 7) is 4.24. The molecule has 3 aromatic rings. The summed E-state index contributed by atoms with van der Waals surface area (Å²) < 4.78 is 12.2. The van der Waals surface area contributed by atoms with Crippen LogP contribution >= 0.6 is 0 Å². The molecule has 6 heteroatoms. The van der Waals surface area contributed by atoms with Crippen LogP contribution in [0.2, 0.25) is 0 Å². The van der Waals surface area contributed by atoms with E-state index in [2.05, 4.69) is 4.98 Å². The van der Waals surface area contributed by atoms with E-state index in [1.165, 1.54) is 16.5 Å². The molecule has 2 heterocycles. The lowest BCUT2D eigenvalue weighted by atomic mass is 10.2. The molecule has 0 spiro atoms. The van der Waals surface area contributed by atoms with Gasteiger partial charge in [-0.15, -0.1) is 0 Å². The lowest BCUT2D eigenvalue weighted by Crippen LogP contribution is -2.17. The molecule has 0 unspecified atom stereocenters. The van der Waals surface area contributed by atoms with Gasteiger partial charge in [0.05, 0.1) is 12.3 Å². The first kappa shape index (κ1) is 18.4. The van der Waals surface area contributed by atoms with E-state index in [9.17, 15) is 9.59 Å². The van der Waals surface area contributed by atoms with Crippen LogP contribution in [0.5, 0.6) is 5.75 Å². The molecule has 0 N–H and O–H groups in total. The second kappa shape index (κ2) is 8.31. The topological polar surface area (TPSA) is 69.9 Å². The molecule has 0 atom stereocenters. The zero-order chi connectivity index (χ0) is 19.2. The van der Waals surface area contributed by atoms with Crippen molar-refractivity contribution in [2.45, 2.75) is 20.5 Å². The average molecular weight is 364 g/mol. The van der Waals surface area contributed by atoms with Crippen LogP contribution in [-0.4, -0.2) is 22.0 Å². The van der Waals surface area contributed by atoms with E-state index in [-0.39, 0.29) is 12.2 Å². The standard InChI is InChI=1S/C21H20N2O4/c1-3-26-18-9-5-4-8-16(18)10-11-20(25)27-14-17-13-19(24)23-12-6-7-15(2)21(23)22-17/h4-13H,3,14H2,1-2H3/b11-10+. The van der Waals surface area contributed by atoms with Gasteiger partial charge in [-0.05, 0) is 37.6 Å². The van der Waals surface area contributed by atoms with Gasteiger partial charge in [-0.3, -0.25) is 9.20 Å². The highest BCUT2D eigenvalue weighted by Gasteiger charge is 2.07. The van der Waals surface area contributed by atoms with E-state index in [0.717, 1.165) is 11.1 Å². The van der Waals surface area contributed by atoms with E-state index in [4.69, 9.17) is 9.47 Å². The zero-order valence-electron chi connectivity index (χ0n) is 15.2. The predicted molar refractivity (Wildman–Crippen MR) is 103 cm³/mol. The summed E-state index contributed by atoms with van der Waals surface area (Å²) in [6, 6.07) is 12.4. The van der Waals surface area contributed by atoms with E-state index >= 15 is 0 Å². The third-order valence-corrected chi connectivity index (χ3v) is 3.92. The maximum Gasteiger partial charge on any atom is 0.331 e. The smallest absolute Gasteiger partial charge is 0.331 e. The van der Waals surface area contributed by atoms with E-state index in [0.29, 0.717) is 23.7 Å². The van der Waals surface area contributed by atoms with Crippen molar-refractivity contribution >= 4 is 17.7 Å². The Kier molecular flexibility index (Phi) is 5.66. The van der Waals surface area contributed by atoms with Gasteiger partial charge in [-0.1, -0.05) is 24.3 Å². The van der Waals surface area contributed by atoms with Gasteiger partial charge >= 0.3 is 5.97 Å². The van der Waals surface area contributed by atoms with Crippen molar-refractivity contribution in [3.63, 3.8) is 0 Å². The van der Waals surface area contributed by atoms with Crippen molar-refractivity contribution in [2.75, 3.05) is 6.61 Å². The first-order valence-electron chi connectivity index (χ1n) is 8.63. The fourth-order valence-electron chi connectivity index (χ4n) is 2.64. The second-order valence-corrected chi connectivity index (χ2v) is 5.88. The van der Waals surface area contributed by atoms with Crippen LogP contribution in [0.15, 0.2) is 59.5 Å². The Morgan fingerprint density at radius 1 is 1.22 bits per heavy atom. The summed E-state index contributed by atoms with van der Waals surface area (Å²) in [4.78, 5) is 28.6.